The first kappa shape index (κ1) is 15.6. The minimum absolute atomic E-state index is 0.0640. The van der Waals surface area contributed by atoms with Gasteiger partial charge >= 0.3 is 0 Å². The van der Waals surface area contributed by atoms with Crippen molar-refractivity contribution in [2.24, 2.45) is 5.10 Å². The third-order valence-corrected chi connectivity index (χ3v) is 4.48. The van der Waals surface area contributed by atoms with Crippen LogP contribution >= 0.6 is 0 Å². The molecule has 0 saturated carbocycles. The van der Waals surface area contributed by atoms with Gasteiger partial charge in [0.2, 0.25) is 5.91 Å². The van der Waals surface area contributed by atoms with Gasteiger partial charge in [-0.2, -0.15) is 5.10 Å². The quantitative estimate of drug-likeness (QED) is 0.856. The number of amides is 2. The summed E-state index contributed by atoms with van der Waals surface area (Å²) in [5.41, 5.74) is 1.48. The van der Waals surface area contributed by atoms with Gasteiger partial charge in [0.05, 0.1) is 0 Å². The van der Waals surface area contributed by atoms with Gasteiger partial charge in [-0.3, -0.25) is 9.59 Å². The number of hydrogen-bond donors (Lipinski definition) is 0. The molecular formula is C17H20FN3O2. The largest absolute Gasteiger partial charge is 0.334 e. The van der Waals surface area contributed by atoms with Gasteiger partial charge < -0.3 is 4.90 Å². The van der Waals surface area contributed by atoms with Crippen molar-refractivity contribution in [3.05, 3.63) is 35.6 Å². The molecule has 23 heavy (non-hydrogen) atoms. The molecule has 0 radical (unpaired) electrons. The lowest BCUT2D eigenvalue weighted by molar-refractivity contribution is -0.130. The van der Waals surface area contributed by atoms with Crippen molar-refractivity contribution in [3.8, 4) is 0 Å². The topological polar surface area (TPSA) is 53.0 Å². The number of likely N-dealkylation sites (tertiary alicyclic amines) is 1. The number of benzene rings is 1. The van der Waals surface area contributed by atoms with E-state index in [1.807, 2.05) is 4.90 Å². The Bertz CT molecular complexity index is 642. The molecular weight excluding hydrogens is 297 g/mol. The van der Waals surface area contributed by atoms with Crippen LogP contribution in [0.5, 0.6) is 0 Å². The Hall–Kier alpha value is -2.24. The molecule has 0 aliphatic carbocycles. The van der Waals surface area contributed by atoms with E-state index in [-0.39, 0.29) is 23.7 Å². The van der Waals surface area contributed by atoms with Gasteiger partial charge in [0.15, 0.2) is 0 Å². The highest BCUT2D eigenvalue weighted by molar-refractivity contribution is 6.39. The molecule has 1 fully saturated rings. The third kappa shape index (κ3) is 3.41. The Labute approximate surface area is 134 Å². The van der Waals surface area contributed by atoms with Gasteiger partial charge in [-0.25, -0.2) is 9.40 Å². The maximum Gasteiger partial charge on any atom is 0.270 e. The Balaban J connectivity index is 1.71. The molecule has 0 spiro atoms. The lowest BCUT2D eigenvalue weighted by Crippen LogP contribution is -2.43. The van der Waals surface area contributed by atoms with Crippen molar-refractivity contribution in [1.82, 2.24) is 9.91 Å². The van der Waals surface area contributed by atoms with E-state index in [0.717, 1.165) is 18.4 Å². The smallest absolute Gasteiger partial charge is 0.270 e. The summed E-state index contributed by atoms with van der Waals surface area (Å²) in [6.07, 6.45) is 3.35. The fourth-order valence-corrected chi connectivity index (χ4v) is 3.20. The number of carbonyl (C=O) groups is 2. The summed E-state index contributed by atoms with van der Waals surface area (Å²) in [5, 5.41) is 5.37. The van der Waals surface area contributed by atoms with Crippen molar-refractivity contribution in [1.29, 1.82) is 0 Å². The summed E-state index contributed by atoms with van der Waals surface area (Å²) < 4.78 is 13.0. The summed E-state index contributed by atoms with van der Waals surface area (Å²) in [7, 11) is 1.58. The van der Waals surface area contributed by atoms with Crippen LogP contribution in [0.1, 0.15) is 31.2 Å². The fourth-order valence-electron chi connectivity index (χ4n) is 3.20. The highest BCUT2D eigenvalue weighted by Gasteiger charge is 2.33. The Morgan fingerprint density at radius 1 is 1.30 bits per heavy atom. The molecule has 1 aromatic rings. The van der Waals surface area contributed by atoms with Crippen molar-refractivity contribution >= 4 is 17.5 Å². The van der Waals surface area contributed by atoms with Crippen LogP contribution in [0.25, 0.3) is 0 Å². The molecule has 0 N–H and O–H groups in total. The summed E-state index contributed by atoms with van der Waals surface area (Å²) in [4.78, 5) is 26.0. The molecule has 122 valence electrons. The number of hydrogen-bond acceptors (Lipinski definition) is 3. The van der Waals surface area contributed by atoms with Crippen molar-refractivity contribution in [2.75, 3.05) is 13.6 Å². The standard InChI is InChI=1S/C17H20FN3O2/c1-20-16(22)9-8-15(19-20)17(23)21-10-2-3-14(21)11-12-4-6-13(18)7-5-12/h4-7,14H,2-3,8-11H2,1H3/t14-/m0/s1. The van der Waals surface area contributed by atoms with E-state index in [4.69, 9.17) is 0 Å². The average Bonchev–Trinajstić information content (AvgIpc) is 2.99. The van der Waals surface area contributed by atoms with E-state index >= 15 is 0 Å². The number of hydrazone groups is 1. The minimum atomic E-state index is -0.252. The molecule has 0 bridgehead atoms. The number of rotatable bonds is 3. The maximum atomic E-state index is 13.0. The van der Waals surface area contributed by atoms with E-state index in [9.17, 15) is 14.0 Å². The normalized spacial score (nSPS) is 21.6. The number of carbonyl (C=O) groups excluding carboxylic acids is 2. The Morgan fingerprint density at radius 3 is 2.74 bits per heavy atom. The molecule has 2 amide bonds. The van der Waals surface area contributed by atoms with E-state index in [0.29, 0.717) is 31.5 Å². The van der Waals surface area contributed by atoms with Crippen LogP contribution < -0.4 is 0 Å². The Kier molecular flexibility index (Phi) is 4.41. The molecule has 0 unspecified atom stereocenters. The van der Waals surface area contributed by atoms with E-state index in [2.05, 4.69) is 5.10 Å². The molecule has 2 heterocycles. The predicted molar refractivity (Wildman–Crippen MR) is 84.3 cm³/mol. The van der Waals surface area contributed by atoms with Crippen LogP contribution in [-0.2, 0) is 16.0 Å². The zero-order chi connectivity index (χ0) is 16.4. The third-order valence-electron chi connectivity index (χ3n) is 4.48. The first-order valence-electron chi connectivity index (χ1n) is 7.94. The van der Waals surface area contributed by atoms with Crippen LogP contribution in [0, 0.1) is 5.82 Å². The van der Waals surface area contributed by atoms with Gasteiger partial charge in [-0.1, -0.05) is 12.1 Å². The second-order valence-corrected chi connectivity index (χ2v) is 6.09. The lowest BCUT2D eigenvalue weighted by atomic mass is 10.0. The second-order valence-electron chi connectivity index (χ2n) is 6.09. The van der Waals surface area contributed by atoms with Crippen LogP contribution in [0.4, 0.5) is 4.39 Å². The summed E-state index contributed by atoms with van der Waals surface area (Å²) in [5.74, 6) is -0.392. The van der Waals surface area contributed by atoms with Crippen LogP contribution in [0.15, 0.2) is 29.4 Å². The van der Waals surface area contributed by atoms with E-state index in [1.165, 1.54) is 17.1 Å². The molecule has 1 saturated heterocycles. The average molecular weight is 317 g/mol. The molecule has 6 heteroatoms. The molecule has 5 nitrogen and oxygen atoms in total. The van der Waals surface area contributed by atoms with Gasteiger partial charge in [-0.15, -0.1) is 0 Å². The maximum absolute atomic E-state index is 13.0. The van der Waals surface area contributed by atoms with Gasteiger partial charge in [0.1, 0.15) is 11.5 Å². The number of halogens is 1. The summed E-state index contributed by atoms with van der Waals surface area (Å²) in [6, 6.07) is 6.53. The Morgan fingerprint density at radius 2 is 2.04 bits per heavy atom. The van der Waals surface area contributed by atoms with Crippen LogP contribution in [0.2, 0.25) is 0 Å². The number of nitrogens with zero attached hydrogens (tertiary/aromatic N) is 3. The van der Waals surface area contributed by atoms with Crippen molar-refractivity contribution in [3.63, 3.8) is 0 Å². The van der Waals surface area contributed by atoms with Crippen LogP contribution in [-0.4, -0.2) is 47.1 Å². The van der Waals surface area contributed by atoms with Gasteiger partial charge in [0.25, 0.3) is 5.91 Å². The minimum Gasteiger partial charge on any atom is -0.334 e. The highest BCUT2D eigenvalue weighted by Crippen LogP contribution is 2.23. The monoisotopic (exact) mass is 317 g/mol. The first-order valence-corrected chi connectivity index (χ1v) is 7.94. The molecule has 1 atom stereocenters. The molecule has 0 aromatic heterocycles. The van der Waals surface area contributed by atoms with Gasteiger partial charge in [0, 0.05) is 32.5 Å². The molecule has 3 rings (SSSR count). The summed E-state index contributed by atoms with van der Waals surface area (Å²) >= 11 is 0. The highest BCUT2D eigenvalue weighted by atomic mass is 19.1. The van der Waals surface area contributed by atoms with E-state index < -0.39 is 0 Å². The van der Waals surface area contributed by atoms with Gasteiger partial charge in [-0.05, 0) is 37.0 Å². The molecule has 2 aliphatic rings. The van der Waals surface area contributed by atoms with Crippen molar-refractivity contribution in [2.45, 2.75) is 38.1 Å². The van der Waals surface area contributed by atoms with Crippen LogP contribution in [0.3, 0.4) is 0 Å². The fraction of sp³-hybridized carbons (Fsp3) is 0.471. The zero-order valence-corrected chi connectivity index (χ0v) is 13.2. The summed E-state index contributed by atoms with van der Waals surface area (Å²) in [6.45, 7) is 0.710. The second kappa shape index (κ2) is 6.48. The SMILES string of the molecule is CN1N=C(C(=O)N2CCC[C@H]2Cc2ccc(F)cc2)CCC1=O. The molecule has 1 aromatic carbocycles. The molecule has 2 aliphatic heterocycles. The predicted octanol–water partition coefficient (Wildman–Crippen LogP) is 1.97. The first-order chi connectivity index (χ1) is 11.0. The lowest BCUT2D eigenvalue weighted by Gasteiger charge is -2.27. The van der Waals surface area contributed by atoms with Crippen molar-refractivity contribution < 1.29 is 14.0 Å². The zero-order valence-electron chi connectivity index (χ0n) is 13.2. The van der Waals surface area contributed by atoms with E-state index in [1.54, 1.807) is 19.2 Å².